The minimum atomic E-state index is -1.30. The van der Waals surface area contributed by atoms with Crippen molar-refractivity contribution >= 4 is 28.5 Å². The zero-order chi connectivity index (χ0) is 14.0. The number of rotatable bonds is 2. The summed E-state index contributed by atoms with van der Waals surface area (Å²) in [5, 5.41) is 9.51. The Morgan fingerprint density at radius 1 is 1.42 bits per heavy atom. The zero-order valence-electron chi connectivity index (χ0n) is 11.4. The molecule has 1 aliphatic heterocycles. The molecule has 19 heavy (non-hydrogen) atoms. The van der Waals surface area contributed by atoms with Crippen LogP contribution in [-0.2, 0) is 11.0 Å². The predicted molar refractivity (Wildman–Crippen MR) is 82.2 cm³/mol. The van der Waals surface area contributed by atoms with Gasteiger partial charge in [-0.1, -0.05) is 18.2 Å². The van der Waals surface area contributed by atoms with E-state index in [0.29, 0.717) is 0 Å². The van der Waals surface area contributed by atoms with Crippen LogP contribution < -0.4 is 0 Å². The lowest BCUT2D eigenvalue weighted by Gasteiger charge is -2.25. The lowest BCUT2D eigenvalue weighted by Crippen LogP contribution is -2.29. The molecule has 2 rings (SSSR count). The standard InChI is InChI=1S/C14H19NO2S2/c1-14(2,3)19(17)15-13-10(8-16)9-18-12-7-5-4-6-11(12)13/h4-7,10,16H,8-9H2,1-3H3/b15-13+/t10-,19?/m1/s1. The van der Waals surface area contributed by atoms with Gasteiger partial charge in [0, 0.05) is 22.1 Å². The van der Waals surface area contributed by atoms with Crippen molar-refractivity contribution in [3.8, 4) is 0 Å². The van der Waals surface area contributed by atoms with Gasteiger partial charge in [-0.05, 0) is 26.8 Å². The molecule has 1 aliphatic rings. The van der Waals surface area contributed by atoms with Gasteiger partial charge in [0.25, 0.3) is 0 Å². The summed E-state index contributed by atoms with van der Waals surface area (Å²) in [7, 11) is -1.30. The van der Waals surface area contributed by atoms with E-state index in [1.807, 2.05) is 45.0 Å². The van der Waals surface area contributed by atoms with Gasteiger partial charge in [0.15, 0.2) is 0 Å². The Morgan fingerprint density at radius 3 is 2.74 bits per heavy atom. The van der Waals surface area contributed by atoms with Crippen LogP contribution in [0.25, 0.3) is 0 Å². The molecule has 0 saturated carbocycles. The Bertz CT molecular complexity index is 520. The van der Waals surface area contributed by atoms with Crippen molar-refractivity contribution in [3.63, 3.8) is 0 Å². The first-order chi connectivity index (χ1) is 8.93. The van der Waals surface area contributed by atoms with Gasteiger partial charge in [0.05, 0.1) is 17.1 Å². The summed E-state index contributed by atoms with van der Waals surface area (Å²) in [6.07, 6.45) is 0. The molecule has 1 N–H and O–H groups in total. The van der Waals surface area contributed by atoms with Crippen molar-refractivity contribution in [2.75, 3.05) is 12.4 Å². The summed E-state index contributed by atoms with van der Waals surface area (Å²) in [5.41, 5.74) is 1.79. The van der Waals surface area contributed by atoms with Gasteiger partial charge in [-0.2, -0.15) is 4.40 Å². The van der Waals surface area contributed by atoms with Crippen molar-refractivity contribution in [3.05, 3.63) is 29.8 Å². The maximum Gasteiger partial charge on any atom is 0.145 e. The largest absolute Gasteiger partial charge is 0.396 e. The van der Waals surface area contributed by atoms with Gasteiger partial charge in [0.2, 0.25) is 0 Å². The van der Waals surface area contributed by atoms with Crippen molar-refractivity contribution in [1.29, 1.82) is 0 Å². The highest BCUT2D eigenvalue weighted by molar-refractivity contribution is 7.99. The molecule has 1 aromatic rings. The molecular formula is C14H19NO2S2. The van der Waals surface area contributed by atoms with Crippen LogP contribution in [-0.4, -0.2) is 32.1 Å². The van der Waals surface area contributed by atoms with Crippen LogP contribution in [0.1, 0.15) is 26.3 Å². The molecular weight excluding hydrogens is 278 g/mol. The molecule has 0 amide bonds. The Balaban J connectivity index is 2.46. The van der Waals surface area contributed by atoms with Crippen molar-refractivity contribution in [2.45, 2.75) is 30.4 Å². The second kappa shape index (κ2) is 5.77. The monoisotopic (exact) mass is 297 g/mol. The fourth-order valence-electron chi connectivity index (χ4n) is 1.78. The van der Waals surface area contributed by atoms with Crippen LogP contribution in [0.15, 0.2) is 33.6 Å². The lowest BCUT2D eigenvalue weighted by atomic mass is 9.98. The highest BCUT2D eigenvalue weighted by atomic mass is 32.2. The first kappa shape index (κ1) is 14.8. The molecule has 1 unspecified atom stereocenters. The first-order valence-corrected chi connectivity index (χ1v) is 8.36. The summed E-state index contributed by atoms with van der Waals surface area (Å²) < 4.78 is 16.3. The van der Waals surface area contributed by atoms with Crippen LogP contribution in [0.3, 0.4) is 0 Å². The lowest BCUT2D eigenvalue weighted by molar-refractivity contribution is 0.271. The summed E-state index contributed by atoms with van der Waals surface area (Å²) in [6.45, 7) is 5.77. The molecule has 0 bridgehead atoms. The molecule has 1 heterocycles. The number of hydrogen-bond acceptors (Lipinski definition) is 3. The van der Waals surface area contributed by atoms with E-state index in [-0.39, 0.29) is 17.3 Å². The van der Waals surface area contributed by atoms with Gasteiger partial charge in [-0.3, -0.25) is 0 Å². The van der Waals surface area contributed by atoms with Crippen LogP contribution in [0.5, 0.6) is 0 Å². The average Bonchev–Trinajstić information content (AvgIpc) is 2.38. The molecule has 1 aromatic carbocycles. The van der Waals surface area contributed by atoms with Crippen LogP contribution >= 0.6 is 11.8 Å². The molecule has 2 atom stereocenters. The zero-order valence-corrected chi connectivity index (χ0v) is 13.1. The third kappa shape index (κ3) is 3.27. The minimum Gasteiger partial charge on any atom is -0.396 e. The van der Waals surface area contributed by atoms with Crippen molar-refractivity contribution in [2.24, 2.45) is 10.3 Å². The Labute approximate surface area is 121 Å². The predicted octanol–water partition coefficient (Wildman–Crippen LogP) is 2.65. The average molecular weight is 297 g/mol. The molecule has 0 radical (unpaired) electrons. The molecule has 0 saturated heterocycles. The SMILES string of the molecule is CC(C)(C)S(=O)/N=C1/c2ccccc2SC[C@H]1CO. The molecule has 0 fully saturated rings. The number of benzene rings is 1. The van der Waals surface area contributed by atoms with Gasteiger partial charge in [0.1, 0.15) is 11.0 Å². The number of aliphatic hydroxyl groups is 1. The van der Waals surface area contributed by atoms with E-state index < -0.39 is 11.0 Å². The van der Waals surface area contributed by atoms with E-state index >= 15 is 0 Å². The number of thioether (sulfide) groups is 1. The van der Waals surface area contributed by atoms with E-state index in [1.165, 1.54) is 0 Å². The van der Waals surface area contributed by atoms with E-state index in [1.54, 1.807) is 11.8 Å². The Hall–Kier alpha value is -0.650. The van der Waals surface area contributed by atoms with Crippen LogP contribution in [0.4, 0.5) is 0 Å². The molecule has 5 heteroatoms. The number of nitrogens with zero attached hydrogens (tertiary/aromatic N) is 1. The molecule has 0 spiro atoms. The number of fused-ring (bicyclic) bond motifs is 1. The third-order valence-corrected chi connectivity index (χ3v) is 5.56. The second-order valence-corrected chi connectivity index (χ2v) is 8.49. The van der Waals surface area contributed by atoms with Crippen molar-refractivity contribution in [1.82, 2.24) is 0 Å². The smallest absolute Gasteiger partial charge is 0.145 e. The van der Waals surface area contributed by atoms with E-state index in [2.05, 4.69) is 4.40 Å². The summed E-state index contributed by atoms with van der Waals surface area (Å²) >= 11 is 1.72. The maximum absolute atomic E-state index is 12.2. The highest BCUT2D eigenvalue weighted by Crippen LogP contribution is 2.33. The summed E-state index contributed by atoms with van der Waals surface area (Å²) in [5.74, 6) is 0.749. The normalized spacial score (nSPS) is 23.2. The highest BCUT2D eigenvalue weighted by Gasteiger charge is 2.28. The van der Waals surface area contributed by atoms with E-state index in [4.69, 9.17) is 0 Å². The molecule has 104 valence electrons. The summed E-state index contributed by atoms with van der Waals surface area (Å²) in [4.78, 5) is 1.15. The number of hydrogen-bond donors (Lipinski definition) is 1. The maximum atomic E-state index is 12.2. The van der Waals surface area contributed by atoms with Gasteiger partial charge in [-0.15, -0.1) is 11.8 Å². The quantitative estimate of drug-likeness (QED) is 0.913. The summed E-state index contributed by atoms with van der Waals surface area (Å²) in [6, 6.07) is 7.98. The Morgan fingerprint density at radius 2 is 2.11 bits per heavy atom. The molecule has 0 aliphatic carbocycles. The van der Waals surface area contributed by atoms with Gasteiger partial charge < -0.3 is 5.11 Å². The van der Waals surface area contributed by atoms with Gasteiger partial charge >= 0.3 is 0 Å². The van der Waals surface area contributed by atoms with E-state index in [9.17, 15) is 9.32 Å². The number of aliphatic hydroxyl groups excluding tert-OH is 1. The first-order valence-electron chi connectivity index (χ1n) is 6.27. The second-order valence-electron chi connectivity index (χ2n) is 5.52. The molecule has 3 nitrogen and oxygen atoms in total. The van der Waals surface area contributed by atoms with E-state index in [0.717, 1.165) is 21.9 Å². The van der Waals surface area contributed by atoms with Gasteiger partial charge in [-0.25, -0.2) is 4.21 Å². The fraction of sp³-hybridized carbons (Fsp3) is 0.500. The topological polar surface area (TPSA) is 49.7 Å². The third-order valence-electron chi connectivity index (χ3n) is 2.92. The van der Waals surface area contributed by atoms with Crippen LogP contribution in [0.2, 0.25) is 0 Å². The molecule has 0 aromatic heterocycles. The van der Waals surface area contributed by atoms with Crippen LogP contribution in [0, 0.1) is 5.92 Å². The minimum absolute atomic E-state index is 0.0359. The van der Waals surface area contributed by atoms with Crippen molar-refractivity contribution < 1.29 is 9.32 Å². The fourth-order valence-corrected chi connectivity index (χ4v) is 3.63. The Kier molecular flexibility index (Phi) is 4.48.